The van der Waals surface area contributed by atoms with Crippen molar-refractivity contribution >= 4 is 11.9 Å². The Labute approximate surface area is 373 Å². The molecule has 0 aromatic carbocycles. The Balaban J connectivity index is 0.786. The van der Waals surface area contributed by atoms with Gasteiger partial charge in [0.25, 0.3) is 0 Å². The maximum atomic E-state index is 12.6. The van der Waals surface area contributed by atoms with E-state index in [9.17, 15) is 30.0 Å². The first-order valence-corrected chi connectivity index (χ1v) is 24.4. The van der Waals surface area contributed by atoms with Crippen molar-refractivity contribution in [3.8, 4) is 0 Å². The topological polar surface area (TPSA) is 192 Å². The number of methoxy groups -OCH3 is 1. The molecule has 4 aliphatic heterocycles. The van der Waals surface area contributed by atoms with E-state index in [-0.39, 0.29) is 66.8 Å². The summed E-state index contributed by atoms with van der Waals surface area (Å²) in [6.45, 7) is 12.9. The van der Waals surface area contributed by atoms with Crippen LogP contribution in [0, 0.1) is 34.5 Å². The monoisotopic (exact) mass is 892 g/mol. The van der Waals surface area contributed by atoms with Gasteiger partial charge in [-0.15, -0.1) is 0 Å². The SMILES string of the molecule is COC(=O)CCCCCN1CC[C@H](O[C@H]2[C@@H](O)C[C@H](O[C@H]3[C@@H](O)C[C@H](O[C@H]4CC[C@@]5(C)[C@H](CC[C@@H]6[C@@H]5C[C@@H](O)[C@]5(C)[C@@H](C7=CC(=O)OC7)CC[C@]65O)C4)O[C@@H]3C)O[C@@H]2C)O[C@H](C)C1. The lowest BCUT2D eigenvalue weighted by molar-refractivity contribution is -0.329. The molecule has 4 saturated carbocycles. The van der Waals surface area contributed by atoms with Crippen LogP contribution in [0.3, 0.4) is 0 Å². The van der Waals surface area contributed by atoms with Crippen LogP contribution in [0.1, 0.15) is 131 Å². The van der Waals surface area contributed by atoms with Crippen molar-refractivity contribution in [3.63, 3.8) is 0 Å². The number of unbranched alkanes of at least 4 members (excludes halogenated alkanes) is 2. The number of cyclic esters (lactones) is 1. The van der Waals surface area contributed by atoms with Crippen molar-refractivity contribution in [1.82, 2.24) is 4.90 Å². The molecule has 0 aromatic heterocycles. The number of esters is 2. The number of carbonyl (C=O) groups is 2. The zero-order valence-corrected chi connectivity index (χ0v) is 38.6. The molecule has 4 heterocycles. The molecule has 8 aliphatic rings. The van der Waals surface area contributed by atoms with Gasteiger partial charge in [-0.05, 0) is 126 Å². The summed E-state index contributed by atoms with van der Waals surface area (Å²) in [5, 5.41) is 47.3. The van der Waals surface area contributed by atoms with Gasteiger partial charge in [0.2, 0.25) is 0 Å². The standard InChI is InChI=1S/C48H77NO14/c1-27-25-49(18-9-7-8-10-39(53)56-6)19-15-41(58-27)62-44-28(2)60-43(24-37(44)51)63-45-29(3)59-42(23-36(45)50)61-32-13-16-46(4)31(21-32)11-12-34-35(46)22-38(52)47(5)33(14-17-48(34,47)55)30-20-40(54)57-26-30/h20,27-29,31-38,41-45,50-52,55H,7-19,21-26H2,1-6H3/t27-,28-,29-,31-,32+,33-,34-,35+,36+,37+,38-,41+,42+,43+,44-,45-,46+,47+,48+/m1/s1. The van der Waals surface area contributed by atoms with Crippen molar-refractivity contribution in [2.24, 2.45) is 34.5 Å². The van der Waals surface area contributed by atoms with Gasteiger partial charge in [-0.3, -0.25) is 4.79 Å². The van der Waals surface area contributed by atoms with Crippen LogP contribution in [0.2, 0.25) is 0 Å². The van der Waals surface area contributed by atoms with Gasteiger partial charge >= 0.3 is 11.9 Å². The summed E-state index contributed by atoms with van der Waals surface area (Å²) in [6, 6.07) is 0. The highest BCUT2D eigenvalue weighted by Crippen LogP contribution is 2.70. The van der Waals surface area contributed by atoms with Crippen LogP contribution in [-0.4, -0.2) is 150 Å². The lowest BCUT2D eigenvalue weighted by Gasteiger charge is -2.65. The average Bonchev–Trinajstić information content (AvgIpc) is 3.73. The fraction of sp³-hybridized carbons (Fsp3) is 0.917. The molecule has 8 rings (SSSR count). The molecule has 15 heteroatoms. The van der Waals surface area contributed by atoms with Crippen LogP contribution in [-0.2, 0) is 47.5 Å². The minimum absolute atomic E-state index is 0.0338. The second kappa shape index (κ2) is 19.5. The number of ether oxygens (including phenoxy) is 8. The van der Waals surface area contributed by atoms with E-state index in [1.165, 1.54) is 7.11 Å². The fourth-order valence-corrected chi connectivity index (χ4v) is 13.9. The van der Waals surface area contributed by atoms with E-state index in [4.69, 9.17) is 37.9 Å². The second-order valence-corrected chi connectivity index (χ2v) is 21.1. The fourth-order valence-electron chi connectivity index (χ4n) is 13.9. The number of aliphatic hydroxyl groups excluding tert-OH is 3. The number of nitrogens with zero attached hydrogens (tertiary/aromatic N) is 1. The Morgan fingerprint density at radius 3 is 2.17 bits per heavy atom. The highest BCUT2D eigenvalue weighted by molar-refractivity contribution is 5.85. The zero-order valence-electron chi connectivity index (χ0n) is 38.6. The molecule has 4 N–H and O–H groups in total. The third-order valence-electron chi connectivity index (χ3n) is 17.4. The molecule has 0 radical (unpaired) electrons. The normalized spacial score (nSPS) is 48.0. The largest absolute Gasteiger partial charge is 0.469 e. The molecule has 4 aliphatic carbocycles. The third-order valence-corrected chi connectivity index (χ3v) is 17.4. The van der Waals surface area contributed by atoms with Gasteiger partial charge in [0.15, 0.2) is 18.9 Å². The van der Waals surface area contributed by atoms with Gasteiger partial charge in [-0.2, -0.15) is 0 Å². The molecule has 15 nitrogen and oxygen atoms in total. The zero-order chi connectivity index (χ0) is 44.8. The van der Waals surface area contributed by atoms with Crippen LogP contribution in [0.25, 0.3) is 0 Å². The van der Waals surface area contributed by atoms with Crippen molar-refractivity contribution < 1.29 is 67.9 Å². The Morgan fingerprint density at radius 2 is 1.51 bits per heavy atom. The lowest BCUT2D eigenvalue weighted by atomic mass is 9.42. The summed E-state index contributed by atoms with van der Waals surface area (Å²) in [7, 11) is 1.42. The van der Waals surface area contributed by atoms with E-state index >= 15 is 0 Å². The summed E-state index contributed by atoms with van der Waals surface area (Å²) in [4.78, 5) is 25.8. The van der Waals surface area contributed by atoms with E-state index in [1.807, 2.05) is 27.7 Å². The number of hydrogen-bond donors (Lipinski definition) is 4. The maximum Gasteiger partial charge on any atom is 0.331 e. The molecule has 0 spiro atoms. The van der Waals surface area contributed by atoms with Crippen LogP contribution < -0.4 is 0 Å². The first-order valence-electron chi connectivity index (χ1n) is 24.4. The summed E-state index contributed by atoms with van der Waals surface area (Å²) in [6.07, 6.45) is 5.82. The van der Waals surface area contributed by atoms with Crippen molar-refractivity contribution in [2.45, 2.75) is 210 Å². The second-order valence-electron chi connectivity index (χ2n) is 21.1. The number of aliphatic hydroxyl groups is 4. The number of fused-ring (bicyclic) bond motifs is 5. The quantitative estimate of drug-likeness (QED) is 0.115. The first-order chi connectivity index (χ1) is 30.0. The molecule has 0 bridgehead atoms. The van der Waals surface area contributed by atoms with Crippen LogP contribution in [0.4, 0.5) is 0 Å². The molecule has 358 valence electrons. The predicted octanol–water partition coefficient (Wildman–Crippen LogP) is 4.53. The van der Waals surface area contributed by atoms with Gasteiger partial charge in [0.05, 0.1) is 55.4 Å². The molecule has 19 atom stereocenters. The minimum Gasteiger partial charge on any atom is -0.469 e. The van der Waals surface area contributed by atoms with Crippen molar-refractivity contribution in [3.05, 3.63) is 11.6 Å². The summed E-state index contributed by atoms with van der Waals surface area (Å²) < 4.78 is 48.2. The van der Waals surface area contributed by atoms with E-state index in [0.717, 1.165) is 83.0 Å². The molecule has 63 heavy (non-hydrogen) atoms. The van der Waals surface area contributed by atoms with E-state index in [0.29, 0.717) is 31.6 Å². The molecule has 0 aromatic rings. The predicted molar refractivity (Wildman–Crippen MR) is 228 cm³/mol. The molecule has 7 fully saturated rings. The molecule has 0 unspecified atom stereocenters. The molecule has 3 saturated heterocycles. The number of hydrogen-bond acceptors (Lipinski definition) is 15. The minimum atomic E-state index is -1.01. The van der Waals surface area contributed by atoms with Gasteiger partial charge in [-0.25, -0.2) is 4.79 Å². The first kappa shape index (κ1) is 47.7. The highest BCUT2D eigenvalue weighted by atomic mass is 16.7. The van der Waals surface area contributed by atoms with Gasteiger partial charge < -0.3 is 63.2 Å². The number of rotatable bonds is 13. The van der Waals surface area contributed by atoms with E-state index < -0.39 is 72.6 Å². The van der Waals surface area contributed by atoms with E-state index in [2.05, 4.69) is 11.8 Å². The smallest absolute Gasteiger partial charge is 0.331 e. The number of carbonyl (C=O) groups excluding carboxylic acids is 2. The Bertz CT molecular complexity index is 1610. The van der Waals surface area contributed by atoms with Crippen molar-refractivity contribution in [1.29, 1.82) is 0 Å². The third kappa shape index (κ3) is 9.55. The summed E-state index contributed by atoms with van der Waals surface area (Å²) >= 11 is 0. The van der Waals surface area contributed by atoms with Crippen LogP contribution in [0.15, 0.2) is 11.6 Å². The molecular formula is C48H77NO14. The maximum absolute atomic E-state index is 12.6. The van der Waals surface area contributed by atoms with E-state index in [1.54, 1.807) is 6.08 Å². The Hall–Kier alpha value is -1.76. The summed E-state index contributed by atoms with van der Waals surface area (Å²) in [5.74, 6) is 0.0628. The molecular weight excluding hydrogens is 815 g/mol. The highest BCUT2D eigenvalue weighted by Gasteiger charge is 2.71. The lowest BCUT2D eigenvalue weighted by Crippen LogP contribution is -2.67. The van der Waals surface area contributed by atoms with Gasteiger partial charge in [0.1, 0.15) is 18.8 Å². The van der Waals surface area contributed by atoms with Crippen molar-refractivity contribution in [2.75, 3.05) is 33.4 Å². The van der Waals surface area contributed by atoms with Gasteiger partial charge in [-0.1, -0.05) is 20.3 Å². The Kier molecular flexibility index (Phi) is 14.7. The van der Waals surface area contributed by atoms with Crippen LogP contribution >= 0.6 is 0 Å². The Morgan fingerprint density at radius 1 is 0.810 bits per heavy atom. The van der Waals surface area contributed by atoms with Crippen LogP contribution in [0.5, 0.6) is 0 Å². The molecule has 0 amide bonds. The van der Waals surface area contributed by atoms with Gasteiger partial charge in [0, 0.05) is 50.3 Å². The summed E-state index contributed by atoms with van der Waals surface area (Å²) in [5.41, 5.74) is -0.873. The average molecular weight is 892 g/mol.